The maximum atomic E-state index is 12.5. The Balaban J connectivity index is 1.56. The highest BCUT2D eigenvalue weighted by Crippen LogP contribution is 2.25. The Morgan fingerprint density at radius 3 is 2.64 bits per heavy atom. The van der Waals surface area contributed by atoms with Crippen LogP contribution in [0.15, 0.2) is 71.3 Å². The van der Waals surface area contributed by atoms with Crippen LogP contribution >= 0.6 is 0 Å². The lowest BCUT2D eigenvalue weighted by atomic mass is 10.2. The lowest BCUT2D eigenvalue weighted by molar-refractivity contribution is -0.384. The van der Waals surface area contributed by atoms with Crippen molar-refractivity contribution in [1.29, 1.82) is 0 Å². The molecular formula is C23H21N5O5. The summed E-state index contributed by atoms with van der Waals surface area (Å²) >= 11 is 0. The molecule has 2 heterocycles. The Morgan fingerprint density at radius 1 is 1.18 bits per heavy atom. The molecule has 4 aromatic rings. The normalized spacial score (nSPS) is 10.9. The maximum Gasteiger partial charge on any atom is 0.336 e. The van der Waals surface area contributed by atoms with Crippen molar-refractivity contribution in [2.75, 3.05) is 11.9 Å². The van der Waals surface area contributed by atoms with Crippen LogP contribution < -0.4 is 10.1 Å². The smallest absolute Gasteiger partial charge is 0.336 e. The van der Waals surface area contributed by atoms with Gasteiger partial charge < -0.3 is 14.5 Å². The van der Waals surface area contributed by atoms with E-state index in [1.807, 2.05) is 13.8 Å². The van der Waals surface area contributed by atoms with Crippen molar-refractivity contribution in [3.05, 3.63) is 82.6 Å². The quantitative estimate of drug-likeness (QED) is 0.306. The van der Waals surface area contributed by atoms with Gasteiger partial charge in [-0.25, -0.2) is 4.68 Å². The standard InChI is InChI=1S/C23H21N5O5/c1-15(2)14-33-23-25-21(20-7-4-12-32-20)27(26-23)18-10-8-17(9-11-18)24-22(29)16-5-3-6-19(13-16)28(30)31/h3-13,15H,14H2,1-2H3,(H,24,29). The Labute approximate surface area is 189 Å². The Kier molecular flexibility index (Phi) is 6.16. The number of hydrogen-bond acceptors (Lipinski definition) is 7. The summed E-state index contributed by atoms with van der Waals surface area (Å²) in [4.78, 5) is 27.3. The van der Waals surface area contributed by atoms with Crippen LogP contribution in [0.2, 0.25) is 0 Å². The summed E-state index contributed by atoms with van der Waals surface area (Å²) < 4.78 is 12.8. The average Bonchev–Trinajstić information content (AvgIpc) is 3.48. The molecule has 0 aliphatic heterocycles. The molecule has 0 bridgehead atoms. The molecule has 0 atom stereocenters. The van der Waals surface area contributed by atoms with Gasteiger partial charge >= 0.3 is 6.01 Å². The van der Waals surface area contributed by atoms with E-state index in [-0.39, 0.29) is 17.3 Å². The maximum absolute atomic E-state index is 12.5. The molecule has 0 radical (unpaired) electrons. The first-order valence-corrected chi connectivity index (χ1v) is 10.2. The third kappa shape index (κ3) is 5.06. The Bertz CT molecular complexity index is 1260. The second-order valence-electron chi connectivity index (χ2n) is 7.62. The molecule has 0 spiro atoms. The summed E-state index contributed by atoms with van der Waals surface area (Å²) in [6, 6.07) is 16.2. The first-order chi connectivity index (χ1) is 15.9. The highest BCUT2D eigenvalue weighted by molar-refractivity contribution is 6.04. The number of rotatable bonds is 8. The van der Waals surface area contributed by atoms with Crippen molar-refractivity contribution in [2.45, 2.75) is 13.8 Å². The summed E-state index contributed by atoms with van der Waals surface area (Å²) in [6.45, 7) is 4.54. The zero-order chi connectivity index (χ0) is 23.4. The number of aromatic nitrogens is 3. The molecule has 10 nitrogen and oxygen atoms in total. The fourth-order valence-electron chi connectivity index (χ4n) is 2.99. The fourth-order valence-corrected chi connectivity index (χ4v) is 2.99. The van der Waals surface area contributed by atoms with Gasteiger partial charge in [0.1, 0.15) is 0 Å². The summed E-state index contributed by atoms with van der Waals surface area (Å²) in [5.41, 5.74) is 1.24. The van der Waals surface area contributed by atoms with Crippen molar-refractivity contribution in [2.24, 2.45) is 5.92 Å². The minimum atomic E-state index is -0.542. The van der Waals surface area contributed by atoms with Crippen LogP contribution in [0.5, 0.6) is 6.01 Å². The van der Waals surface area contributed by atoms with E-state index in [1.54, 1.807) is 47.3 Å². The largest absolute Gasteiger partial charge is 0.462 e. The molecule has 0 fully saturated rings. The molecule has 0 saturated heterocycles. The van der Waals surface area contributed by atoms with Gasteiger partial charge in [-0.15, -0.1) is 5.10 Å². The number of nitrogens with one attached hydrogen (secondary N) is 1. The van der Waals surface area contributed by atoms with Gasteiger partial charge in [0.25, 0.3) is 11.6 Å². The van der Waals surface area contributed by atoms with E-state index in [2.05, 4.69) is 15.4 Å². The number of hydrogen-bond donors (Lipinski definition) is 1. The molecule has 2 aromatic carbocycles. The molecule has 2 aromatic heterocycles. The number of carbonyl (C=O) groups is 1. The van der Waals surface area contributed by atoms with Crippen molar-refractivity contribution < 1.29 is 18.9 Å². The minimum absolute atomic E-state index is 0.148. The zero-order valence-corrected chi connectivity index (χ0v) is 18.0. The summed E-state index contributed by atoms with van der Waals surface area (Å²) in [6.07, 6.45) is 1.55. The number of anilines is 1. The molecule has 1 amide bonds. The van der Waals surface area contributed by atoms with Gasteiger partial charge in [0.15, 0.2) is 5.76 Å². The molecule has 0 aliphatic carbocycles. The first-order valence-electron chi connectivity index (χ1n) is 10.2. The van der Waals surface area contributed by atoms with Gasteiger partial charge in [0.05, 0.1) is 23.5 Å². The van der Waals surface area contributed by atoms with Gasteiger partial charge in [-0.1, -0.05) is 19.9 Å². The topological polar surface area (TPSA) is 125 Å². The second-order valence-corrected chi connectivity index (χ2v) is 7.62. The summed E-state index contributed by atoms with van der Waals surface area (Å²) in [5, 5.41) is 18.1. The summed E-state index contributed by atoms with van der Waals surface area (Å²) in [7, 11) is 0. The Hall–Kier alpha value is -4.47. The Morgan fingerprint density at radius 2 is 1.97 bits per heavy atom. The van der Waals surface area contributed by atoms with E-state index in [0.29, 0.717) is 35.5 Å². The number of non-ortho nitro benzene ring substituents is 1. The number of carbonyl (C=O) groups excluding carboxylic acids is 1. The first kappa shape index (κ1) is 21.8. The van der Waals surface area contributed by atoms with E-state index in [9.17, 15) is 14.9 Å². The number of ether oxygens (including phenoxy) is 1. The number of nitro benzene ring substituents is 1. The minimum Gasteiger partial charge on any atom is -0.462 e. The van der Waals surface area contributed by atoms with E-state index in [1.165, 1.54) is 24.3 Å². The number of nitrogens with zero attached hydrogens (tertiary/aromatic N) is 4. The summed E-state index contributed by atoms with van der Waals surface area (Å²) in [5.74, 6) is 0.878. The van der Waals surface area contributed by atoms with Gasteiger partial charge in [-0.3, -0.25) is 14.9 Å². The van der Waals surface area contributed by atoms with Crippen LogP contribution in [0.1, 0.15) is 24.2 Å². The number of benzene rings is 2. The molecule has 1 N–H and O–H groups in total. The van der Waals surface area contributed by atoms with Crippen molar-refractivity contribution in [3.8, 4) is 23.3 Å². The molecule has 33 heavy (non-hydrogen) atoms. The molecule has 0 aliphatic rings. The van der Waals surface area contributed by atoms with Crippen LogP contribution in [0.4, 0.5) is 11.4 Å². The van der Waals surface area contributed by atoms with E-state index < -0.39 is 10.8 Å². The van der Waals surface area contributed by atoms with Gasteiger partial charge in [-0.2, -0.15) is 4.98 Å². The second kappa shape index (κ2) is 9.35. The number of furan rings is 1. The van der Waals surface area contributed by atoms with Crippen LogP contribution in [0.3, 0.4) is 0 Å². The molecule has 168 valence electrons. The number of amides is 1. The van der Waals surface area contributed by atoms with Crippen molar-refractivity contribution in [1.82, 2.24) is 14.8 Å². The molecule has 0 saturated carbocycles. The average molecular weight is 447 g/mol. The number of nitro groups is 1. The van der Waals surface area contributed by atoms with Crippen LogP contribution in [0, 0.1) is 16.0 Å². The molecule has 4 rings (SSSR count). The molecular weight excluding hydrogens is 426 g/mol. The van der Waals surface area contributed by atoms with Crippen LogP contribution in [-0.2, 0) is 0 Å². The molecule has 10 heteroatoms. The lowest BCUT2D eigenvalue weighted by Gasteiger charge is -2.08. The third-order valence-electron chi connectivity index (χ3n) is 4.56. The van der Waals surface area contributed by atoms with Crippen molar-refractivity contribution >= 4 is 17.3 Å². The van der Waals surface area contributed by atoms with Gasteiger partial charge in [0, 0.05) is 23.4 Å². The highest BCUT2D eigenvalue weighted by atomic mass is 16.6. The monoisotopic (exact) mass is 447 g/mol. The third-order valence-corrected chi connectivity index (χ3v) is 4.56. The van der Waals surface area contributed by atoms with Crippen LogP contribution in [0.25, 0.3) is 17.3 Å². The predicted molar refractivity (Wildman–Crippen MR) is 120 cm³/mol. The highest BCUT2D eigenvalue weighted by Gasteiger charge is 2.17. The molecule has 0 unspecified atom stereocenters. The lowest BCUT2D eigenvalue weighted by Crippen LogP contribution is -2.12. The predicted octanol–water partition coefficient (Wildman–Crippen LogP) is 4.72. The van der Waals surface area contributed by atoms with Gasteiger partial charge in [0.2, 0.25) is 5.82 Å². The van der Waals surface area contributed by atoms with E-state index >= 15 is 0 Å². The zero-order valence-electron chi connectivity index (χ0n) is 18.0. The van der Waals surface area contributed by atoms with Gasteiger partial charge in [-0.05, 0) is 48.4 Å². The van der Waals surface area contributed by atoms with E-state index in [4.69, 9.17) is 9.15 Å². The SMILES string of the molecule is CC(C)COc1nc(-c2ccco2)n(-c2ccc(NC(=O)c3cccc([N+](=O)[O-])c3)cc2)n1. The van der Waals surface area contributed by atoms with E-state index in [0.717, 1.165) is 0 Å². The fraction of sp³-hybridized carbons (Fsp3) is 0.174. The van der Waals surface area contributed by atoms with Crippen LogP contribution in [-0.4, -0.2) is 32.2 Å². The van der Waals surface area contributed by atoms with Crippen molar-refractivity contribution in [3.63, 3.8) is 0 Å².